The van der Waals surface area contributed by atoms with Crippen LogP contribution in [0.1, 0.15) is 16.1 Å². The molecule has 0 aliphatic carbocycles. The SMILES string of the molecule is Cc1ccc(C(=O)Nc2cc(-c3cccs3)nn2CCO)c(=O)[nH]1. The molecule has 0 saturated carbocycles. The van der Waals surface area contributed by atoms with Gasteiger partial charge < -0.3 is 15.4 Å². The summed E-state index contributed by atoms with van der Waals surface area (Å²) in [5, 5.41) is 18.2. The van der Waals surface area contributed by atoms with Gasteiger partial charge in [-0.15, -0.1) is 11.3 Å². The quantitative estimate of drug-likeness (QED) is 0.657. The Morgan fingerprint density at radius 2 is 2.25 bits per heavy atom. The van der Waals surface area contributed by atoms with Crippen LogP contribution in [0.25, 0.3) is 10.6 Å². The lowest BCUT2D eigenvalue weighted by Crippen LogP contribution is -2.24. The van der Waals surface area contributed by atoms with Crippen LogP contribution in [-0.2, 0) is 6.54 Å². The number of aliphatic hydroxyl groups excluding tert-OH is 1. The highest BCUT2D eigenvalue weighted by Crippen LogP contribution is 2.26. The topological polar surface area (TPSA) is 100 Å². The number of anilines is 1. The fourth-order valence-corrected chi connectivity index (χ4v) is 2.94. The first-order chi connectivity index (χ1) is 11.6. The molecule has 8 heteroatoms. The molecule has 3 aromatic heterocycles. The summed E-state index contributed by atoms with van der Waals surface area (Å²) in [5.74, 6) is -0.0921. The van der Waals surface area contributed by atoms with Gasteiger partial charge in [-0.05, 0) is 30.5 Å². The zero-order chi connectivity index (χ0) is 17.1. The van der Waals surface area contributed by atoms with Gasteiger partial charge in [0.25, 0.3) is 11.5 Å². The van der Waals surface area contributed by atoms with Gasteiger partial charge in [-0.1, -0.05) is 6.07 Å². The lowest BCUT2D eigenvalue weighted by molar-refractivity contribution is 0.102. The van der Waals surface area contributed by atoms with E-state index in [0.29, 0.717) is 17.2 Å². The Bertz CT molecular complexity index is 912. The molecule has 3 N–H and O–H groups in total. The molecule has 0 atom stereocenters. The van der Waals surface area contributed by atoms with Crippen molar-refractivity contribution >= 4 is 23.1 Å². The first-order valence-electron chi connectivity index (χ1n) is 7.32. The summed E-state index contributed by atoms with van der Waals surface area (Å²) >= 11 is 1.53. The van der Waals surface area contributed by atoms with Gasteiger partial charge in [0.1, 0.15) is 17.1 Å². The van der Waals surface area contributed by atoms with Crippen LogP contribution < -0.4 is 10.9 Å². The first kappa shape index (κ1) is 16.2. The van der Waals surface area contributed by atoms with E-state index in [2.05, 4.69) is 15.4 Å². The highest BCUT2D eigenvalue weighted by molar-refractivity contribution is 7.13. The second kappa shape index (κ2) is 6.81. The summed E-state index contributed by atoms with van der Waals surface area (Å²) in [7, 11) is 0. The minimum atomic E-state index is -0.520. The monoisotopic (exact) mass is 344 g/mol. The van der Waals surface area contributed by atoms with Crippen molar-refractivity contribution in [3.63, 3.8) is 0 Å². The molecule has 0 spiro atoms. The molecule has 0 bridgehead atoms. The Labute approximate surface area is 141 Å². The van der Waals surface area contributed by atoms with E-state index in [1.165, 1.54) is 22.1 Å². The Kier molecular flexibility index (Phi) is 4.59. The van der Waals surface area contributed by atoms with E-state index in [4.69, 9.17) is 0 Å². The number of aromatic nitrogens is 3. The van der Waals surface area contributed by atoms with Crippen molar-refractivity contribution in [3.05, 3.63) is 57.3 Å². The number of amides is 1. The van der Waals surface area contributed by atoms with E-state index in [-0.39, 0.29) is 18.7 Å². The third-order valence-electron chi connectivity index (χ3n) is 3.41. The molecule has 24 heavy (non-hydrogen) atoms. The van der Waals surface area contributed by atoms with Crippen molar-refractivity contribution < 1.29 is 9.90 Å². The first-order valence-corrected chi connectivity index (χ1v) is 8.20. The molecule has 0 radical (unpaired) electrons. The molecular formula is C16H16N4O3S. The molecule has 0 unspecified atom stereocenters. The van der Waals surface area contributed by atoms with Crippen molar-refractivity contribution in [1.82, 2.24) is 14.8 Å². The Balaban J connectivity index is 1.91. The van der Waals surface area contributed by atoms with Crippen molar-refractivity contribution in [3.8, 4) is 10.6 Å². The number of H-pyrrole nitrogens is 1. The minimum Gasteiger partial charge on any atom is -0.394 e. The normalized spacial score (nSPS) is 10.8. The van der Waals surface area contributed by atoms with Gasteiger partial charge in [-0.3, -0.25) is 9.59 Å². The van der Waals surface area contributed by atoms with Gasteiger partial charge in [-0.2, -0.15) is 5.10 Å². The number of aliphatic hydroxyl groups is 1. The standard InChI is InChI=1S/C16H16N4O3S/c1-10-4-5-11(15(22)17-10)16(23)18-14-9-12(13-3-2-8-24-13)19-20(14)6-7-21/h2-5,8-9,21H,6-7H2,1H3,(H,17,22)(H,18,23). The fourth-order valence-electron chi connectivity index (χ4n) is 2.26. The Hall–Kier alpha value is -2.71. The maximum absolute atomic E-state index is 12.4. The van der Waals surface area contributed by atoms with Crippen LogP contribution in [-0.4, -0.2) is 32.4 Å². The molecule has 0 aromatic carbocycles. The van der Waals surface area contributed by atoms with E-state index >= 15 is 0 Å². The summed E-state index contributed by atoms with van der Waals surface area (Å²) in [6.45, 7) is 1.87. The van der Waals surface area contributed by atoms with Crippen LogP contribution in [0.15, 0.2) is 40.5 Å². The summed E-state index contributed by atoms with van der Waals surface area (Å²) in [4.78, 5) is 27.8. The maximum Gasteiger partial charge on any atom is 0.262 e. The van der Waals surface area contributed by atoms with Crippen molar-refractivity contribution in [2.75, 3.05) is 11.9 Å². The van der Waals surface area contributed by atoms with Crippen LogP contribution in [0.4, 0.5) is 5.82 Å². The largest absolute Gasteiger partial charge is 0.394 e. The van der Waals surface area contributed by atoms with Gasteiger partial charge in [0.15, 0.2) is 0 Å². The molecule has 124 valence electrons. The van der Waals surface area contributed by atoms with Crippen LogP contribution in [0.5, 0.6) is 0 Å². The highest BCUT2D eigenvalue weighted by atomic mass is 32.1. The Morgan fingerprint density at radius 3 is 2.92 bits per heavy atom. The van der Waals surface area contributed by atoms with E-state index in [1.54, 1.807) is 19.1 Å². The number of carbonyl (C=O) groups is 1. The summed E-state index contributed by atoms with van der Waals surface area (Å²) < 4.78 is 1.51. The highest BCUT2D eigenvalue weighted by Gasteiger charge is 2.16. The average molecular weight is 344 g/mol. The second-order valence-electron chi connectivity index (χ2n) is 5.18. The minimum absolute atomic E-state index is 0.0232. The van der Waals surface area contributed by atoms with E-state index in [0.717, 1.165) is 4.88 Å². The molecule has 7 nitrogen and oxygen atoms in total. The van der Waals surface area contributed by atoms with E-state index in [1.807, 2.05) is 17.5 Å². The van der Waals surface area contributed by atoms with Crippen LogP contribution in [0.2, 0.25) is 0 Å². The number of carbonyl (C=O) groups excluding carboxylic acids is 1. The number of rotatable bonds is 5. The van der Waals surface area contributed by atoms with Gasteiger partial charge in [0, 0.05) is 11.8 Å². The number of aromatic amines is 1. The molecule has 3 aromatic rings. The van der Waals surface area contributed by atoms with Crippen molar-refractivity contribution in [2.24, 2.45) is 0 Å². The number of pyridine rings is 1. The molecule has 0 fully saturated rings. The zero-order valence-corrected chi connectivity index (χ0v) is 13.8. The molecular weight excluding hydrogens is 328 g/mol. The number of thiophene rings is 1. The molecule has 0 saturated heterocycles. The van der Waals surface area contributed by atoms with Gasteiger partial charge in [-0.25, -0.2) is 4.68 Å². The third-order valence-corrected chi connectivity index (χ3v) is 4.30. The number of nitrogens with zero attached hydrogens (tertiary/aromatic N) is 2. The molecule has 3 rings (SSSR count). The fraction of sp³-hybridized carbons (Fsp3) is 0.188. The lowest BCUT2D eigenvalue weighted by Gasteiger charge is -2.07. The number of hydrogen-bond donors (Lipinski definition) is 3. The van der Waals surface area contributed by atoms with Crippen LogP contribution >= 0.6 is 11.3 Å². The van der Waals surface area contributed by atoms with Gasteiger partial charge in [0.2, 0.25) is 0 Å². The van der Waals surface area contributed by atoms with Crippen molar-refractivity contribution in [1.29, 1.82) is 0 Å². The number of hydrogen-bond acceptors (Lipinski definition) is 5. The molecule has 3 heterocycles. The third kappa shape index (κ3) is 3.29. The van der Waals surface area contributed by atoms with Crippen molar-refractivity contribution in [2.45, 2.75) is 13.5 Å². The average Bonchev–Trinajstić information content (AvgIpc) is 3.18. The molecule has 0 aliphatic rings. The van der Waals surface area contributed by atoms with E-state index in [9.17, 15) is 14.7 Å². The maximum atomic E-state index is 12.4. The Morgan fingerprint density at radius 1 is 1.42 bits per heavy atom. The zero-order valence-electron chi connectivity index (χ0n) is 12.9. The molecule has 1 amide bonds. The summed E-state index contributed by atoms with van der Waals surface area (Å²) in [6, 6.07) is 8.71. The van der Waals surface area contributed by atoms with Crippen LogP contribution in [0, 0.1) is 6.92 Å². The number of aryl methyl sites for hydroxylation is 1. The summed E-state index contributed by atoms with van der Waals surface area (Å²) in [5.41, 5.74) is 0.961. The van der Waals surface area contributed by atoms with Crippen LogP contribution in [0.3, 0.4) is 0 Å². The van der Waals surface area contributed by atoms with E-state index < -0.39 is 11.5 Å². The van der Waals surface area contributed by atoms with Gasteiger partial charge >= 0.3 is 0 Å². The lowest BCUT2D eigenvalue weighted by atomic mass is 10.2. The summed E-state index contributed by atoms with van der Waals surface area (Å²) in [6.07, 6.45) is 0. The smallest absolute Gasteiger partial charge is 0.262 e. The second-order valence-corrected chi connectivity index (χ2v) is 6.12. The predicted octanol–water partition coefficient (Wildman–Crippen LogP) is 1.85. The van der Waals surface area contributed by atoms with Gasteiger partial charge in [0.05, 0.1) is 18.0 Å². The predicted molar refractivity (Wildman–Crippen MR) is 92.4 cm³/mol. The molecule has 0 aliphatic heterocycles. The number of nitrogens with one attached hydrogen (secondary N) is 2.